The summed E-state index contributed by atoms with van der Waals surface area (Å²) < 4.78 is 5.06. The highest BCUT2D eigenvalue weighted by atomic mass is 32.1. The Kier molecular flexibility index (Phi) is 4.36. The van der Waals surface area contributed by atoms with E-state index < -0.39 is 0 Å². The molecule has 0 saturated carbocycles. The number of aromatic nitrogens is 1. The highest BCUT2D eigenvalue weighted by molar-refractivity contribution is 7.15. The summed E-state index contributed by atoms with van der Waals surface area (Å²) in [7, 11) is 3.83. The zero-order valence-electron chi connectivity index (χ0n) is 10.6. The fourth-order valence-corrected chi connectivity index (χ4v) is 3.28. The van der Waals surface area contributed by atoms with Crippen molar-refractivity contribution in [1.29, 1.82) is 0 Å². The van der Waals surface area contributed by atoms with Gasteiger partial charge in [0, 0.05) is 38.2 Å². The normalized spacial score (nSPS) is 19.1. The second-order valence-electron chi connectivity index (χ2n) is 4.57. The minimum Gasteiger partial charge on any atom is -0.385 e. The minimum atomic E-state index is 0.206. The van der Waals surface area contributed by atoms with Crippen LogP contribution in [0.25, 0.3) is 0 Å². The Labute approximate surface area is 107 Å². The number of anilines is 1. The Morgan fingerprint density at radius 2 is 2.41 bits per heavy atom. The van der Waals surface area contributed by atoms with Crippen molar-refractivity contribution < 1.29 is 4.74 Å². The van der Waals surface area contributed by atoms with Crippen LogP contribution in [0.5, 0.6) is 0 Å². The smallest absolute Gasteiger partial charge is 0.185 e. The lowest BCUT2D eigenvalue weighted by Gasteiger charge is -2.15. The largest absolute Gasteiger partial charge is 0.385 e. The quantitative estimate of drug-likeness (QED) is 0.817. The Balaban J connectivity index is 2.01. The SMILES string of the molecule is COCCCN(C)c1nc2c(s1)C(N)CCC2. The van der Waals surface area contributed by atoms with E-state index >= 15 is 0 Å². The van der Waals surface area contributed by atoms with Crippen LogP contribution in [-0.4, -0.2) is 32.3 Å². The molecule has 0 spiro atoms. The maximum Gasteiger partial charge on any atom is 0.185 e. The van der Waals surface area contributed by atoms with Crippen molar-refractivity contribution in [1.82, 2.24) is 4.98 Å². The van der Waals surface area contributed by atoms with Crippen LogP contribution in [0, 0.1) is 0 Å². The second-order valence-corrected chi connectivity index (χ2v) is 5.58. The van der Waals surface area contributed by atoms with Gasteiger partial charge in [0.05, 0.1) is 5.69 Å². The molecule has 1 heterocycles. The van der Waals surface area contributed by atoms with Gasteiger partial charge in [0.2, 0.25) is 0 Å². The minimum absolute atomic E-state index is 0.206. The summed E-state index contributed by atoms with van der Waals surface area (Å²) >= 11 is 1.76. The lowest BCUT2D eigenvalue weighted by molar-refractivity contribution is 0.196. The van der Waals surface area contributed by atoms with Gasteiger partial charge in [-0.2, -0.15) is 0 Å². The molecule has 2 N–H and O–H groups in total. The van der Waals surface area contributed by atoms with Crippen LogP contribution in [0.1, 0.15) is 35.9 Å². The third-order valence-corrected chi connectivity index (χ3v) is 4.49. The summed E-state index contributed by atoms with van der Waals surface area (Å²) in [5.41, 5.74) is 7.34. The molecule has 5 heteroatoms. The highest BCUT2D eigenvalue weighted by Gasteiger charge is 2.22. The van der Waals surface area contributed by atoms with Crippen LogP contribution in [0.3, 0.4) is 0 Å². The standard InChI is InChI=1S/C12H21N3OS/c1-15(7-4-8-16-2)12-14-10-6-3-5-9(13)11(10)17-12/h9H,3-8,13H2,1-2H3. The third-order valence-electron chi connectivity index (χ3n) is 3.15. The molecule has 1 aliphatic rings. The predicted molar refractivity (Wildman–Crippen MR) is 71.7 cm³/mol. The van der Waals surface area contributed by atoms with Crippen LogP contribution >= 0.6 is 11.3 Å². The van der Waals surface area contributed by atoms with Gasteiger partial charge < -0.3 is 15.4 Å². The maximum absolute atomic E-state index is 6.11. The Morgan fingerprint density at radius 1 is 1.59 bits per heavy atom. The molecule has 4 nitrogen and oxygen atoms in total. The first kappa shape index (κ1) is 12.8. The van der Waals surface area contributed by atoms with Crippen LogP contribution in [-0.2, 0) is 11.2 Å². The van der Waals surface area contributed by atoms with Gasteiger partial charge in [0.1, 0.15) is 0 Å². The van der Waals surface area contributed by atoms with Crippen molar-refractivity contribution >= 4 is 16.5 Å². The van der Waals surface area contributed by atoms with Crippen molar-refractivity contribution in [3.63, 3.8) is 0 Å². The zero-order valence-corrected chi connectivity index (χ0v) is 11.4. The molecule has 0 aromatic carbocycles. The summed E-state index contributed by atoms with van der Waals surface area (Å²) in [4.78, 5) is 8.20. The zero-order chi connectivity index (χ0) is 12.3. The molecule has 0 radical (unpaired) electrons. The van der Waals surface area contributed by atoms with Gasteiger partial charge in [-0.3, -0.25) is 0 Å². The lowest BCUT2D eigenvalue weighted by Crippen LogP contribution is -2.19. The molecule has 17 heavy (non-hydrogen) atoms. The summed E-state index contributed by atoms with van der Waals surface area (Å²) in [5.74, 6) is 0. The number of hydrogen-bond acceptors (Lipinski definition) is 5. The van der Waals surface area contributed by atoms with E-state index in [1.165, 1.54) is 17.0 Å². The van der Waals surface area contributed by atoms with Gasteiger partial charge in [-0.05, 0) is 25.7 Å². The van der Waals surface area contributed by atoms with E-state index in [1.54, 1.807) is 18.4 Å². The molecule has 1 atom stereocenters. The van der Waals surface area contributed by atoms with Crippen molar-refractivity contribution in [2.24, 2.45) is 5.73 Å². The number of aryl methyl sites for hydroxylation is 1. The molecular weight excluding hydrogens is 234 g/mol. The van der Waals surface area contributed by atoms with E-state index in [-0.39, 0.29) is 6.04 Å². The molecule has 1 aromatic heterocycles. The van der Waals surface area contributed by atoms with Crippen molar-refractivity contribution in [2.75, 3.05) is 32.2 Å². The summed E-state index contributed by atoms with van der Waals surface area (Å²) in [6.45, 7) is 1.78. The Hall–Kier alpha value is -0.650. The number of nitrogens with two attached hydrogens (primary N) is 1. The first-order valence-corrected chi connectivity index (χ1v) is 6.99. The number of hydrogen-bond donors (Lipinski definition) is 1. The summed E-state index contributed by atoms with van der Waals surface area (Å²) in [6.07, 6.45) is 4.39. The summed E-state index contributed by atoms with van der Waals surface area (Å²) in [6, 6.07) is 0.206. The molecule has 0 fully saturated rings. The average molecular weight is 255 g/mol. The molecule has 0 amide bonds. The number of thiazole rings is 1. The maximum atomic E-state index is 6.11. The molecule has 1 unspecified atom stereocenters. The number of rotatable bonds is 5. The van der Waals surface area contributed by atoms with Crippen molar-refractivity contribution in [3.05, 3.63) is 10.6 Å². The number of ether oxygens (including phenoxy) is 1. The van der Waals surface area contributed by atoms with E-state index in [9.17, 15) is 0 Å². The van der Waals surface area contributed by atoms with Crippen LogP contribution < -0.4 is 10.6 Å². The van der Waals surface area contributed by atoms with E-state index in [1.807, 2.05) is 0 Å². The lowest BCUT2D eigenvalue weighted by atomic mass is 9.99. The average Bonchev–Trinajstić information content (AvgIpc) is 2.75. The monoisotopic (exact) mass is 255 g/mol. The van der Waals surface area contributed by atoms with E-state index in [0.717, 1.165) is 37.5 Å². The highest BCUT2D eigenvalue weighted by Crippen LogP contribution is 2.35. The molecule has 0 aliphatic heterocycles. The van der Waals surface area contributed by atoms with Crippen molar-refractivity contribution in [3.8, 4) is 0 Å². The van der Waals surface area contributed by atoms with Crippen molar-refractivity contribution in [2.45, 2.75) is 31.7 Å². The predicted octanol–water partition coefficient (Wildman–Crippen LogP) is 1.95. The van der Waals surface area contributed by atoms with Gasteiger partial charge >= 0.3 is 0 Å². The molecule has 96 valence electrons. The van der Waals surface area contributed by atoms with Crippen LogP contribution in [0.2, 0.25) is 0 Å². The Morgan fingerprint density at radius 3 is 3.12 bits per heavy atom. The van der Waals surface area contributed by atoms with Gasteiger partial charge in [0.25, 0.3) is 0 Å². The molecular formula is C12H21N3OS. The van der Waals surface area contributed by atoms with Crippen LogP contribution in [0.4, 0.5) is 5.13 Å². The fourth-order valence-electron chi connectivity index (χ4n) is 2.14. The van der Waals surface area contributed by atoms with Gasteiger partial charge in [-0.15, -0.1) is 11.3 Å². The third kappa shape index (κ3) is 2.97. The summed E-state index contributed by atoms with van der Waals surface area (Å²) in [5, 5.41) is 1.10. The first-order valence-electron chi connectivity index (χ1n) is 6.17. The van der Waals surface area contributed by atoms with E-state index in [4.69, 9.17) is 15.5 Å². The number of fused-ring (bicyclic) bond motifs is 1. The fraction of sp³-hybridized carbons (Fsp3) is 0.750. The molecule has 1 aromatic rings. The number of nitrogens with zero attached hydrogens (tertiary/aromatic N) is 2. The van der Waals surface area contributed by atoms with E-state index in [2.05, 4.69) is 11.9 Å². The Bertz CT molecular complexity index is 367. The van der Waals surface area contributed by atoms with Crippen LogP contribution in [0.15, 0.2) is 0 Å². The van der Waals surface area contributed by atoms with Gasteiger partial charge in [0.15, 0.2) is 5.13 Å². The molecule has 2 rings (SSSR count). The second kappa shape index (κ2) is 5.80. The van der Waals surface area contributed by atoms with Gasteiger partial charge in [-0.25, -0.2) is 4.98 Å². The van der Waals surface area contributed by atoms with E-state index in [0.29, 0.717) is 0 Å². The van der Waals surface area contributed by atoms with Gasteiger partial charge in [-0.1, -0.05) is 0 Å². The molecule has 0 saturated heterocycles. The number of methoxy groups -OCH3 is 1. The molecule has 0 bridgehead atoms. The first-order chi connectivity index (χ1) is 8.22. The topological polar surface area (TPSA) is 51.4 Å². The molecule has 1 aliphatic carbocycles.